The molecule has 1 aromatic heterocycles. The highest BCUT2D eigenvalue weighted by molar-refractivity contribution is 5.50. The molecule has 0 saturated carbocycles. The Morgan fingerprint density at radius 2 is 1.59 bits per heavy atom. The Labute approximate surface area is 131 Å². The van der Waals surface area contributed by atoms with Gasteiger partial charge >= 0.3 is 0 Å². The summed E-state index contributed by atoms with van der Waals surface area (Å²) in [5.41, 5.74) is 0. The molecule has 0 aromatic carbocycles. The summed E-state index contributed by atoms with van der Waals surface area (Å²) in [6.07, 6.45) is 2.52. The van der Waals surface area contributed by atoms with E-state index in [0.717, 1.165) is 77.1 Å². The molecule has 3 heterocycles. The number of hydrogen-bond donors (Lipinski definition) is 1. The molecule has 0 amide bonds. The Kier molecular flexibility index (Phi) is 5.42. The summed E-state index contributed by atoms with van der Waals surface area (Å²) in [6, 6.07) is 2.09. The van der Waals surface area contributed by atoms with Crippen molar-refractivity contribution >= 4 is 11.6 Å². The fraction of sp³-hybridized carbons (Fsp3) is 0.733. The molecule has 0 bridgehead atoms. The summed E-state index contributed by atoms with van der Waals surface area (Å²) in [5.74, 6) is 2.01. The van der Waals surface area contributed by atoms with Crippen LogP contribution in [0.2, 0.25) is 0 Å². The average Bonchev–Trinajstić information content (AvgIpc) is 2.61. The highest BCUT2D eigenvalue weighted by Crippen LogP contribution is 2.19. The predicted molar refractivity (Wildman–Crippen MR) is 85.4 cm³/mol. The molecule has 0 spiro atoms. The summed E-state index contributed by atoms with van der Waals surface area (Å²) in [5, 5.41) is 8.91. The third kappa shape index (κ3) is 3.85. The van der Waals surface area contributed by atoms with Gasteiger partial charge in [-0.05, 0) is 6.42 Å². The molecule has 2 fully saturated rings. The van der Waals surface area contributed by atoms with E-state index in [0.29, 0.717) is 0 Å². The van der Waals surface area contributed by atoms with Crippen molar-refractivity contribution in [1.29, 1.82) is 0 Å². The maximum absolute atomic E-state index is 8.91. The maximum atomic E-state index is 8.91. The second-order valence-corrected chi connectivity index (χ2v) is 5.74. The third-order valence-corrected chi connectivity index (χ3v) is 4.30. The van der Waals surface area contributed by atoms with E-state index < -0.39 is 0 Å². The van der Waals surface area contributed by atoms with Crippen molar-refractivity contribution in [3.63, 3.8) is 0 Å². The van der Waals surface area contributed by atoms with E-state index in [-0.39, 0.29) is 6.61 Å². The van der Waals surface area contributed by atoms with Crippen molar-refractivity contribution in [2.24, 2.45) is 0 Å². The summed E-state index contributed by atoms with van der Waals surface area (Å²) >= 11 is 0. The zero-order chi connectivity index (χ0) is 15.2. The van der Waals surface area contributed by atoms with Crippen LogP contribution in [0.1, 0.15) is 6.42 Å². The van der Waals surface area contributed by atoms with E-state index in [1.165, 1.54) is 0 Å². The molecule has 22 heavy (non-hydrogen) atoms. The minimum Gasteiger partial charge on any atom is -0.396 e. The fourth-order valence-corrected chi connectivity index (χ4v) is 2.97. The number of aliphatic hydroxyl groups excluding tert-OH is 1. The number of aromatic nitrogens is 2. The molecule has 0 unspecified atom stereocenters. The van der Waals surface area contributed by atoms with Crippen molar-refractivity contribution in [2.45, 2.75) is 6.42 Å². The fourth-order valence-electron chi connectivity index (χ4n) is 2.97. The first-order chi connectivity index (χ1) is 10.9. The van der Waals surface area contributed by atoms with E-state index in [4.69, 9.17) is 9.84 Å². The van der Waals surface area contributed by atoms with Gasteiger partial charge in [-0.3, -0.25) is 4.90 Å². The molecule has 122 valence electrons. The van der Waals surface area contributed by atoms with Crippen molar-refractivity contribution in [1.82, 2.24) is 14.9 Å². The molecular weight excluding hydrogens is 282 g/mol. The smallest absolute Gasteiger partial charge is 0.134 e. The first-order valence-electron chi connectivity index (χ1n) is 8.10. The second kappa shape index (κ2) is 7.71. The lowest BCUT2D eigenvalue weighted by Gasteiger charge is -2.35. The highest BCUT2D eigenvalue weighted by Gasteiger charge is 2.19. The molecule has 1 N–H and O–H groups in total. The lowest BCUT2D eigenvalue weighted by Crippen LogP contribution is -2.47. The van der Waals surface area contributed by atoms with Crippen LogP contribution in [0.25, 0.3) is 0 Å². The van der Waals surface area contributed by atoms with Gasteiger partial charge in [-0.25, -0.2) is 9.97 Å². The monoisotopic (exact) mass is 307 g/mol. The van der Waals surface area contributed by atoms with Gasteiger partial charge in [0.15, 0.2) is 0 Å². The Morgan fingerprint density at radius 3 is 2.23 bits per heavy atom. The lowest BCUT2D eigenvalue weighted by atomic mass is 10.3. The minimum absolute atomic E-state index is 0.273. The van der Waals surface area contributed by atoms with Gasteiger partial charge in [-0.15, -0.1) is 0 Å². The minimum atomic E-state index is 0.273. The Morgan fingerprint density at radius 1 is 0.955 bits per heavy atom. The lowest BCUT2D eigenvalue weighted by molar-refractivity contribution is 0.122. The van der Waals surface area contributed by atoms with Crippen LogP contribution in [0.5, 0.6) is 0 Å². The van der Waals surface area contributed by atoms with Gasteiger partial charge in [0.25, 0.3) is 0 Å². The van der Waals surface area contributed by atoms with Crippen LogP contribution >= 0.6 is 0 Å². The molecule has 1 aromatic rings. The van der Waals surface area contributed by atoms with Gasteiger partial charge in [-0.1, -0.05) is 0 Å². The number of anilines is 2. The topological polar surface area (TPSA) is 65.0 Å². The average molecular weight is 307 g/mol. The molecule has 7 heteroatoms. The summed E-state index contributed by atoms with van der Waals surface area (Å²) in [7, 11) is 0. The number of ether oxygens (including phenoxy) is 1. The van der Waals surface area contributed by atoms with E-state index >= 15 is 0 Å². The van der Waals surface area contributed by atoms with E-state index in [9.17, 15) is 0 Å². The van der Waals surface area contributed by atoms with Crippen LogP contribution in [0.4, 0.5) is 11.6 Å². The van der Waals surface area contributed by atoms with Crippen LogP contribution in [-0.4, -0.2) is 85.6 Å². The quantitative estimate of drug-likeness (QED) is 0.809. The van der Waals surface area contributed by atoms with Gasteiger partial charge in [-0.2, -0.15) is 0 Å². The largest absolute Gasteiger partial charge is 0.396 e. The van der Waals surface area contributed by atoms with Crippen molar-refractivity contribution in [3.05, 3.63) is 12.4 Å². The number of nitrogens with zero attached hydrogens (tertiary/aromatic N) is 5. The van der Waals surface area contributed by atoms with E-state index in [1.807, 2.05) is 0 Å². The summed E-state index contributed by atoms with van der Waals surface area (Å²) < 4.78 is 5.39. The molecule has 2 saturated heterocycles. The summed E-state index contributed by atoms with van der Waals surface area (Å²) in [4.78, 5) is 15.8. The molecule has 3 rings (SSSR count). The standard InChI is InChI=1S/C15H25N5O2/c21-9-1-2-18-3-5-19(6-4-18)14-12-15(17-13-16-14)20-7-10-22-11-8-20/h12-13,21H,1-11H2. The van der Waals surface area contributed by atoms with Gasteiger partial charge in [0.1, 0.15) is 18.0 Å². The molecule has 0 radical (unpaired) electrons. The summed E-state index contributed by atoms with van der Waals surface area (Å²) in [6.45, 7) is 8.58. The zero-order valence-electron chi connectivity index (χ0n) is 13.0. The third-order valence-electron chi connectivity index (χ3n) is 4.30. The van der Waals surface area contributed by atoms with Crippen LogP contribution in [0, 0.1) is 0 Å². The SMILES string of the molecule is OCCCN1CCN(c2cc(N3CCOCC3)ncn2)CC1. The van der Waals surface area contributed by atoms with Gasteiger partial charge in [0.2, 0.25) is 0 Å². The van der Waals surface area contributed by atoms with Crippen LogP contribution in [0.3, 0.4) is 0 Å². The van der Waals surface area contributed by atoms with Crippen molar-refractivity contribution in [3.8, 4) is 0 Å². The Balaban J connectivity index is 1.58. The first kappa shape index (κ1) is 15.5. The normalized spacial score (nSPS) is 20.4. The molecule has 7 nitrogen and oxygen atoms in total. The zero-order valence-corrected chi connectivity index (χ0v) is 13.0. The maximum Gasteiger partial charge on any atom is 0.134 e. The second-order valence-electron chi connectivity index (χ2n) is 5.74. The first-order valence-corrected chi connectivity index (χ1v) is 8.10. The number of piperazine rings is 1. The molecule has 2 aliphatic heterocycles. The van der Waals surface area contributed by atoms with Gasteiger partial charge in [0.05, 0.1) is 13.2 Å². The number of rotatable bonds is 5. The highest BCUT2D eigenvalue weighted by atomic mass is 16.5. The van der Waals surface area contributed by atoms with Crippen molar-refractivity contribution < 1.29 is 9.84 Å². The van der Waals surface area contributed by atoms with Crippen molar-refractivity contribution in [2.75, 3.05) is 75.4 Å². The van der Waals surface area contributed by atoms with Crippen LogP contribution in [0.15, 0.2) is 12.4 Å². The van der Waals surface area contributed by atoms with E-state index in [2.05, 4.69) is 30.7 Å². The number of morpholine rings is 1. The molecule has 0 atom stereocenters. The molecule has 0 aliphatic carbocycles. The van der Waals surface area contributed by atoms with Crippen LogP contribution in [-0.2, 0) is 4.74 Å². The Hall–Kier alpha value is -1.44. The number of hydrogen-bond acceptors (Lipinski definition) is 7. The number of aliphatic hydroxyl groups is 1. The van der Waals surface area contributed by atoms with Crippen LogP contribution < -0.4 is 9.80 Å². The van der Waals surface area contributed by atoms with E-state index in [1.54, 1.807) is 6.33 Å². The van der Waals surface area contributed by atoms with Gasteiger partial charge in [0, 0.05) is 58.5 Å². The Bertz CT molecular complexity index is 459. The van der Waals surface area contributed by atoms with Gasteiger partial charge < -0.3 is 19.6 Å². The molecular formula is C15H25N5O2. The molecule has 2 aliphatic rings. The predicted octanol–water partition coefficient (Wildman–Crippen LogP) is -0.182.